The van der Waals surface area contributed by atoms with Crippen molar-refractivity contribution in [2.24, 2.45) is 5.41 Å². The fraction of sp³-hybridized carbons (Fsp3) is 0.889. The molecule has 11 heavy (non-hydrogen) atoms. The van der Waals surface area contributed by atoms with Crippen molar-refractivity contribution < 1.29 is 4.79 Å². The number of carbonyl (C=O) groups is 1. The van der Waals surface area contributed by atoms with E-state index in [4.69, 9.17) is 0 Å². The third kappa shape index (κ3) is 4.96. The molecule has 0 atom stereocenters. The van der Waals surface area contributed by atoms with Gasteiger partial charge in [0, 0.05) is 5.41 Å². The summed E-state index contributed by atoms with van der Waals surface area (Å²) in [6.07, 6.45) is 1.08. The highest BCUT2D eigenvalue weighted by atomic mass is 16.1. The van der Waals surface area contributed by atoms with Crippen LogP contribution in [0.4, 0.5) is 0 Å². The van der Waals surface area contributed by atoms with Crippen LogP contribution in [0, 0.1) is 5.41 Å². The fourth-order valence-electron chi connectivity index (χ4n) is 0.644. The molecule has 0 aromatic heterocycles. The van der Waals surface area contributed by atoms with Crippen LogP contribution in [-0.2, 0) is 4.79 Å². The molecule has 1 N–H and O–H groups in total. The maximum absolute atomic E-state index is 11.3. The third-order valence-corrected chi connectivity index (χ3v) is 1.55. The number of nitrogens with one attached hydrogen (secondary N) is 1. The first-order valence-electron chi connectivity index (χ1n) is 4.22. The highest BCUT2D eigenvalue weighted by molar-refractivity contribution is 5.85. The van der Waals surface area contributed by atoms with Crippen LogP contribution in [0.25, 0.3) is 0 Å². The molecule has 0 saturated heterocycles. The Labute approximate surface area is 69.4 Å². The predicted molar refractivity (Wildman–Crippen MR) is 47.6 cm³/mol. The minimum absolute atomic E-state index is 0.194. The van der Waals surface area contributed by atoms with Gasteiger partial charge in [-0.15, -0.1) is 0 Å². The summed E-state index contributed by atoms with van der Waals surface area (Å²) in [6, 6.07) is 0. The van der Waals surface area contributed by atoms with E-state index < -0.39 is 0 Å². The summed E-state index contributed by atoms with van der Waals surface area (Å²) in [7, 11) is 0. The molecule has 0 rings (SSSR count). The molecule has 0 heterocycles. The van der Waals surface area contributed by atoms with E-state index >= 15 is 0 Å². The van der Waals surface area contributed by atoms with Crippen LogP contribution in [-0.4, -0.2) is 18.9 Å². The number of ketones is 1. The SMILES string of the molecule is CCCNCC(=O)C(C)(C)C. The lowest BCUT2D eigenvalue weighted by Crippen LogP contribution is -2.32. The van der Waals surface area contributed by atoms with Gasteiger partial charge in [-0.05, 0) is 13.0 Å². The molecule has 2 heteroatoms. The van der Waals surface area contributed by atoms with Gasteiger partial charge in [-0.2, -0.15) is 0 Å². The minimum atomic E-state index is -0.194. The summed E-state index contributed by atoms with van der Waals surface area (Å²) in [5.74, 6) is 0.283. The summed E-state index contributed by atoms with van der Waals surface area (Å²) in [4.78, 5) is 11.3. The van der Waals surface area contributed by atoms with Crippen LogP contribution in [0.2, 0.25) is 0 Å². The number of rotatable bonds is 4. The van der Waals surface area contributed by atoms with Crippen LogP contribution in [0.1, 0.15) is 34.1 Å². The van der Waals surface area contributed by atoms with E-state index in [1.54, 1.807) is 0 Å². The molecule has 0 aliphatic heterocycles. The molecule has 0 aliphatic carbocycles. The van der Waals surface area contributed by atoms with Crippen molar-refractivity contribution in [2.45, 2.75) is 34.1 Å². The van der Waals surface area contributed by atoms with Gasteiger partial charge in [0.25, 0.3) is 0 Å². The van der Waals surface area contributed by atoms with Gasteiger partial charge in [0.1, 0.15) is 0 Å². The summed E-state index contributed by atoms with van der Waals surface area (Å²) in [5, 5.41) is 3.09. The van der Waals surface area contributed by atoms with Crippen molar-refractivity contribution in [3.8, 4) is 0 Å². The summed E-state index contributed by atoms with van der Waals surface area (Å²) in [5.41, 5.74) is -0.194. The number of hydrogen-bond acceptors (Lipinski definition) is 2. The Morgan fingerprint density at radius 2 is 1.91 bits per heavy atom. The van der Waals surface area contributed by atoms with Crippen molar-refractivity contribution in [3.63, 3.8) is 0 Å². The Morgan fingerprint density at radius 1 is 1.36 bits per heavy atom. The number of hydrogen-bond donors (Lipinski definition) is 1. The first kappa shape index (κ1) is 10.6. The zero-order chi connectivity index (χ0) is 8.91. The minimum Gasteiger partial charge on any atom is -0.310 e. The molecule has 0 spiro atoms. The average Bonchev–Trinajstić information content (AvgIpc) is 1.86. The van der Waals surface area contributed by atoms with Gasteiger partial charge in [0.15, 0.2) is 5.78 Å². The van der Waals surface area contributed by atoms with Crippen LogP contribution in [0.15, 0.2) is 0 Å². The van der Waals surface area contributed by atoms with E-state index in [1.165, 1.54) is 0 Å². The van der Waals surface area contributed by atoms with Crippen molar-refractivity contribution in [2.75, 3.05) is 13.1 Å². The van der Waals surface area contributed by atoms with E-state index in [-0.39, 0.29) is 11.2 Å². The maximum Gasteiger partial charge on any atom is 0.151 e. The quantitative estimate of drug-likeness (QED) is 0.628. The predicted octanol–water partition coefficient (Wildman–Crippen LogP) is 1.60. The normalized spacial score (nSPS) is 11.6. The summed E-state index contributed by atoms with van der Waals surface area (Å²) < 4.78 is 0. The van der Waals surface area contributed by atoms with Crippen LogP contribution >= 0.6 is 0 Å². The molecule has 0 saturated carbocycles. The zero-order valence-electron chi connectivity index (χ0n) is 8.03. The Bertz CT molecular complexity index is 124. The molecule has 0 aromatic carbocycles. The van der Waals surface area contributed by atoms with Gasteiger partial charge in [0.05, 0.1) is 6.54 Å². The van der Waals surface area contributed by atoms with Crippen LogP contribution < -0.4 is 5.32 Å². The lowest BCUT2D eigenvalue weighted by molar-refractivity contribution is -0.125. The Balaban J connectivity index is 3.54. The van der Waals surface area contributed by atoms with Gasteiger partial charge in [0.2, 0.25) is 0 Å². The number of carbonyl (C=O) groups excluding carboxylic acids is 1. The second-order valence-corrected chi connectivity index (χ2v) is 3.85. The summed E-state index contributed by atoms with van der Waals surface area (Å²) >= 11 is 0. The van der Waals surface area contributed by atoms with Gasteiger partial charge >= 0.3 is 0 Å². The maximum atomic E-state index is 11.3. The molecule has 0 aromatic rings. The molecule has 0 fully saturated rings. The topological polar surface area (TPSA) is 29.1 Å². The second-order valence-electron chi connectivity index (χ2n) is 3.85. The van der Waals surface area contributed by atoms with Crippen LogP contribution in [0.3, 0.4) is 0 Å². The largest absolute Gasteiger partial charge is 0.310 e. The monoisotopic (exact) mass is 157 g/mol. The van der Waals surface area contributed by atoms with Crippen molar-refractivity contribution >= 4 is 5.78 Å². The Morgan fingerprint density at radius 3 is 2.27 bits per heavy atom. The Hall–Kier alpha value is -0.370. The van der Waals surface area contributed by atoms with Crippen molar-refractivity contribution in [1.82, 2.24) is 5.32 Å². The first-order chi connectivity index (χ1) is 4.98. The fourth-order valence-corrected chi connectivity index (χ4v) is 0.644. The summed E-state index contributed by atoms with van der Waals surface area (Å²) in [6.45, 7) is 9.38. The average molecular weight is 157 g/mol. The first-order valence-corrected chi connectivity index (χ1v) is 4.22. The molecule has 0 unspecified atom stereocenters. The highest BCUT2D eigenvalue weighted by Gasteiger charge is 2.19. The van der Waals surface area contributed by atoms with Gasteiger partial charge in [-0.25, -0.2) is 0 Å². The molecule has 66 valence electrons. The van der Waals surface area contributed by atoms with Crippen molar-refractivity contribution in [1.29, 1.82) is 0 Å². The third-order valence-electron chi connectivity index (χ3n) is 1.55. The molecule has 0 bridgehead atoms. The molecule has 2 nitrogen and oxygen atoms in total. The molecule has 0 amide bonds. The standard InChI is InChI=1S/C9H19NO/c1-5-6-10-7-8(11)9(2,3)4/h10H,5-7H2,1-4H3. The van der Waals surface area contributed by atoms with Gasteiger partial charge in [-0.3, -0.25) is 4.79 Å². The van der Waals surface area contributed by atoms with Crippen LogP contribution in [0.5, 0.6) is 0 Å². The molecule has 0 aliphatic rings. The molecular formula is C9H19NO. The van der Waals surface area contributed by atoms with E-state index in [2.05, 4.69) is 12.2 Å². The zero-order valence-corrected chi connectivity index (χ0v) is 8.03. The van der Waals surface area contributed by atoms with Gasteiger partial charge in [-0.1, -0.05) is 27.7 Å². The lowest BCUT2D eigenvalue weighted by Gasteiger charge is -2.16. The van der Waals surface area contributed by atoms with Crippen molar-refractivity contribution in [3.05, 3.63) is 0 Å². The highest BCUT2D eigenvalue weighted by Crippen LogP contribution is 2.13. The van der Waals surface area contributed by atoms with E-state index in [0.29, 0.717) is 6.54 Å². The second kappa shape index (κ2) is 4.50. The molecular weight excluding hydrogens is 138 g/mol. The van der Waals surface area contributed by atoms with E-state index in [0.717, 1.165) is 13.0 Å². The lowest BCUT2D eigenvalue weighted by atomic mass is 9.91. The van der Waals surface area contributed by atoms with E-state index in [1.807, 2.05) is 20.8 Å². The Kier molecular flexibility index (Phi) is 4.34. The van der Waals surface area contributed by atoms with E-state index in [9.17, 15) is 4.79 Å². The molecule has 0 radical (unpaired) electrons. The van der Waals surface area contributed by atoms with Gasteiger partial charge < -0.3 is 5.32 Å². The number of Topliss-reactive ketones (excluding diaryl/α,β-unsaturated/α-hetero) is 1. The smallest absolute Gasteiger partial charge is 0.151 e.